The molecule has 200 valence electrons. The molecule has 4 aliphatic rings. The lowest BCUT2D eigenvalue weighted by Crippen LogP contribution is -2.62. The van der Waals surface area contributed by atoms with Crippen LogP contribution in [0.1, 0.15) is 52.9 Å². The van der Waals surface area contributed by atoms with E-state index in [0.29, 0.717) is 31.0 Å². The third-order valence-corrected chi connectivity index (χ3v) is 9.79. The zero-order chi connectivity index (χ0) is 26.4. The van der Waals surface area contributed by atoms with Crippen LogP contribution in [0.15, 0.2) is 10.6 Å². The first-order chi connectivity index (χ1) is 16.9. The molecule has 10 nitrogen and oxygen atoms in total. The molecule has 36 heavy (non-hydrogen) atoms. The second kappa shape index (κ2) is 10.4. The average Bonchev–Trinajstić information content (AvgIpc) is 3.35. The van der Waals surface area contributed by atoms with E-state index in [1.165, 1.54) is 16.7 Å². The smallest absolute Gasteiger partial charge is 0.353 e. The molecule has 6 N–H and O–H groups in total. The van der Waals surface area contributed by atoms with Gasteiger partial charge >= 0.3 is 5.97 Å². The van der Waals surface area contributed by atoms with E-state index < -0.39 is 5.97 Å². The van der Waals surface area contributed by atoms with E-state index in [9.17, 15) is 24.3 Å². The molecule has 6 atom stereocenters. The number of nitrogens with zero attached hydrogens (tertiary/aromatic N) is 2. The fraction of sp³-hybridized carbons (Fsp3) is 0.760. The van der Waals surface area contributed by atoms with Crippen molar-refractivity contribution in [3.05, 3.63) is 10.6 Å². The van der Waals surface area contributed by atoms with Crippen LogP contribution in [0.4, 0.5) is 0 Å². The average molecular weight is 522 g/mol. The highest BCUT2D eigenvalue weighted by Crippen LogP contribution is 2.53. The van der Waals surface area contributed by atoms with E-state index in [0.717, 1.165) is 12.8 Å². The molecule has 4 aliphatic heterocycles. The minimum atomic E-state index is -1.11. The molecular formula is C25H39N5O5S. The number of fused-ring (bicyclic) bond motifs is 1. The fourth-order valence-electron chi connectivity index (χ4n) is 6.14. The Bertz CT molecular complexity index is 958. The summed E-state index contributed by atoms with van der Waals surface area (Å²) in [7, 11) is 0. The highest BCUT2D eigenvalue weighted by molar-refractivity contribution is 8.03. The topological polar surface area (TPSA) is 159 Å². The molecule has 4 heterocycles. The van der Waals surface area contributed by atoms with Crippen molar-refractivity contribution >= 4 is 35.3 Å². The van der Waals surface area contributed by atoms with E-state index in [-0.39, 0.29) is 83.3 Å². The van der Waals surface area contributed by atoms with Gasteiger partial charge in [0.15, 0.2) is 0 Å². The number of carboxylic acid groups (broad SMARTS) is 1. The van der Waals surface area contributed by atoms with Crippen LogP contribution in [0.2, 0.25) is 0 Å². The number of β-lactam (4-membered cyclic amide) rings is 1. The molecule has 0 bridgehead atoms. The number of hydrogen-bond donors (Lipinski definition) is 4. The van der Waals surface area contributed by atoms with Crippen LogP contribution < -0.4 is 16.8 Å². The number of carbonyl (C=O) groups is 4. The summed E-state index contributed by atoms with van der Waals surface area (Å²) in [5.74, 6) is -1.91. The van der Waals surface area contributed by atoms with Gasteiger partial charge in [-0.05, 0) is 38.6 Å². The first-order valence-electron chi connectivity index (χ1n) is 12.9. The van der Waals surface area contributed by atoms with E-state index >= 15 is 0 Å². The van der Waals surface area contributed by atoms with Crippen molar-refractivity contribution in [3.8, 4) is 0 Å². The molecule has 3 fully saturated rings. The summed E-state index contributed by atoms with van der Waals surface area (Å²) in [6.07, 6.45) is 2.71. The van der Waals surface area contributed by atoms with Gasteiger partial charge in [0.25, 0.3) is 0 Å². The third-order valence-electron chi connectivity index (χ3n) is 8.28. The molecule has 4 rings (SSSR count). The van der Waals surface area contributed by atoms with Crippen LogP contribution >= 0.6 is 11.8 Å². The predicted octanol–water partition coefficient (Wildman–Crippen LogP) is 0.507. The Kier molecular flexibility index (Phi) is 7.85. The zero-order valence-corrected chi connectivity index (χ0v) is 22.2. The van der Waals surface area contributed by atoms with Crippen molar-refractivity contribution in [1.29, 1.82) is 0 Å². The van der Waals surface area contributed by atoms with Crippen molar-refractivity contribution in [2.24, 2.45) is 29.2 Å². The minimum absolute atomic E-state index is 0.0282. The molecule has 0 aromatic heterocycles. The minimum Gasteiger partial charge on any atom is -0.477 e. The van der Waals surface area contributed by atoms with Gasteiger partial charge in [-0.15, -0.1) is 11.8 Å². The fourth-order valence-corrected chi connectivity index (χ4v) is 7.61. The van der Waals surface area contributed by atoms with Gasteiger partial charge in [0.2, 0.25) is 11.8 Å². The standard InChI is InChI=1S/C25H39N5O5S/c1-13(10-15(31)4-7-26)18-19-14(2)21(20(24(34)35)30(19)23(18)33)36-16-11-17(28-12-16)22(32)29-8-5-25(3,27)6-9-29/h13-14,16-19,28H,4-12,26-27H2,1-3H3,(H,34,35)/t13-,14+,16-,17-,18+,19+/m0/s1. The number of nitrogens with one attached hydrogen (secondary N) is 1. The Morgan fingerprint density at radius 2 is 1.94 bits per heavy atom. The second-order valence-corrected chi connectivity index (χ2v) is 12.5. The lowest BCUT2D eigenvalue weighted by Gasteiger charge is -2.47. The molecular weight excluding hydrogens is 482 g/mol. The number of thioether (sulfide) groups is 1. The van der Waals surface area contributed by atoms with Gasteiger partial charge in [0.05, 0.1) is 18.0 Å². The van der Waals surface area contributed by atoms with E-state index in [1.807, 2.05) is 25.7 Å². The molecule has 0 spiro atoms. The third kappa shape index (κ3) is 5.07. The number of piperidine rings is 1. The summed E-state index contributed by atoms with van der Waals surface area (Å²) < 4.78 is 0. The Morgan fingerprint density at radius 3 is 2.56 bits per heavy atom. The summed E-state index contributed by atoms with van der Waals surface area (Å²) in [6, 6.07) is -0.548. The van der Waals surface area contributed by atoms with Crippen LogP contribution in [0.3, 0.4) is 0 Å². The van der Waals surface area contributed by atoms with Gasteiger partial charge in [-0.25, -0.2) is 4.79 Å². The van der Waals surface area contributed by atoms with Gasteiger partial charge in [-0.2, -0.15) is 0 Å². The van der Waals surface area contributed by atoms with Crippen LogP contribution in [0.25, 0.3) is 0 Å². The van der Waals surface area contributed by atoms with Crippen molar-refractivity contribution in [2.45, 2.75) is 75.7 Å². The number of hydrogen-bond acceptors (Lipinski definition) is 8. The first kappa shape index (κ1) is 27.1. The van der Waals surface area contributed by atoms with Crippen molar-refractivity contribution in [1.82, 2.24) is 15.1 Å². The highest BCUT2D eigenvalue weighted by Gasteiger charge is 2.60. The van der Waals surface area contributed by atoms with Crippen LogP contribution in [0.5, 0.6) is 0 Å². The quantitative estimate of drug-likeness (QED) is 0.317. The highest BCUT2D eigenvalue weighted by atomic mass is 32.2. The Balaban J connectivity index is 1.41. The van der Waals surface area contributed by atoms with Gasteiger partial charge in [-0.3, -0.25) is 14.4 Å². The number of Topliss-reactive ketones (excluding diaryl/α,β-unsaturated/α-hetero) is 1. The molecule has 11 heteroatoms. The number of ketones is 1. The van der Waals surface area contributed by atoms with Crippen molar-refractivity contribution < 1.29 is 24.3 Å². The number of nitrogens with two attached hydrogens (primary N) is 2. The Hall–Kier alpha value is -1.95. The molecule has 0 saturated carbocycles. The van der Waals surface area contributed by atoms with Gasteiger partial charge in [-0.1, -0.05) is 13.8 Å². The molecule has 0 unspecified atom stereocenters. The number of amides is 2. The molecule has 0 aromatic carbocycles. The maximum Gasteiger partial charge on any atom is 0.353 e. The number of rotatable bonds is 9. The summed E-state index contributed by atoms with van der Waals surface area (Å²) in [6.45, 7) is 8.05. The number of carbonyl (C=O) groups excluding carboxylic acids is 3. The lowest BCUT2D eigenvalue weighted by atomic mass is 9.73. The maximum atomic E-state index is 13.1. The van der Waals surface area contributed by atoms with E-state index in [4.69, 9.17) is 11.5 Å². The molecule has 0 aromatic rings. The Morgan fingerprint density at radius 1 is 1.28 bits per heavy atom. The van der Waals surface area contributed by atoms with Crippen molar-refractivity contribution in [2.75, 3.05) is 26.2 Å². The van der Waals surface area contributed by atoms with Gasteiger partial charge in [0, 0.05) is 54.1 Å². The van der Waals surface area contributed by atoms with Crippen LogP contribution in [0, 0.1) is 17.8 Å². The first-order valence-corrected chi connectivity index (χ1v) is 13.8. The summed E-state index contributed by atoms with van der Waals surface area (Å²) in [5, 5.41) is 13.3. The predicted molar refractivity (Wildman–Crippen MR) is 137 cm³/mol. The second-order valence-electron chi connectivity index (χ2n) is 11.2. The number of carboxylic acids is 1. The van der Waals surface area contributed by atoms with Gasteiger partial charge < -0.3 is 31.7 Å². The summed E-state index contributed by atoms with van der Waals surface area (Å²) >= 11 is 1.48. The zero-order valence-electron chi connectivity index (χ0n) is 21.4. The summed E-state index contributed by atoms with van der Waals surface area (Å²) in [5.41, 5.74) is 11.5. The van der Waals surface area contributed by atoms with Gasteiger partial charge in [0.1, 0.15) is 11.5 Å². The maximum absolute atomic E-state index is 13.1. The number of aliphatic carboxylic acids is 1. The molecule has 0 radical (unpaired) electrons. The molecule has 0 aliphatic carbocycles. The van der Waals surface area contributed by atoms with E-state index in [1.54, 1.807) is 0 Å². The van der Waals surface area contributed by atoms with Crippen LogP contribution in [-0.2, 0) is 19.2 Å². The van der Waals surface area contributed by atoms with Crippen molar-refractivity contribution in [3.63, 3.8) is 0 Å². The lowest BCUT2D eigenvalue weighted by molar-refractivity contribution is -0.160. The molecule has 2 amide bonds. The van der Waals surface area contributed by atoms with Crippen LogP contribution in [-0.4, -0.2) is 87.5 Å². The normalized spacial score (nSPS) is 32.4. The monoisotopic (exact) mass is 521 g/mol. The molecule has 3 saturated heterocycles. The number of likely N-dealkylation sites (tertiary alicyclic amines) is 1. The largest absolute Gasteiger partial charge is 0.477 e. The van der Waals surface area contributed by atoms with E-state index in [2.05, 4.69) is 5.32 Å². The SMILES string of the molecule is C[C@@H](CC(=O)CCN)[C@H]1C(=O)N2C(C(=O)O)=C(S[C@@H]3CN[C@H](C(=O)N4CCC(C)(N)CC4)C3)[C@H](C)[C@H]12. The summed E-state index contributed by atoms with van der Waals surface area (Å²) in [4.78, 5) is 54.4. The Labute approximate surface area is 216 Å².